The minimum Gasteiger partial charge on any atom is -0.298 e. The third-order valence-corrected chi connectivity index (χ3v) is 1.42. The Balaban J connectivity index is 2.92. The fourth-order valence-electron chi connectivity index (χ4n) is 0.684. The fourth-order valence-corrected chi connectivity index (χ4v) is 0.907. The quantitative estimate of drug-likeness (QED) is 0.690. The lowest BCUT2D eigenvalue weighted by atomic mass is 10.3. The van der Waals surface area contributed by atoms with E-state index in [-0.39, 0.29) is 4.49 Å². The molecule has 0 amide bonds. The van der Waals surface area contributed by atoms with Crippen molar-refractivity contribution in [2.45, 2.75) is 0 Å². The Bertz CT molecular complexity index is 301. The average molecular weight is 202 g/mol. The summed E-state index contributed by atoms with van der Waals surface area (Å²) in [6.45, 7) is 0. The topological polar surface area (TPSA) is 30.0 Å². The van der Waals surface area contributed by atoms with Crippen molar-refractivity contribution in [1.82, 2.24) is 4.98 Å². The van der Waals surface area contributed by atoms with E-state index in [1.54, 1.807) is 12.1 Å². The van der Waals surface area contributed by atoms with E-state index in [4.69, 9.17) is 23.2 Å². The molecular formula is C8H5Cl2NO. The summed E-state index contributed by atoms with van der Waals surface area (Å²) in [5, 5.41) is 0. The smallest absolute Gasteiger partial charge is 0.151 e. The third-order valence-electron chi connectivity index (χ3n) is 1.20. The summed E-state index contributed by atoms with van der Waals surface area (Å²) >= 11 is 10.8. The van der Waals surface area contributed by atoms with Gasteiger partial charge in [-0.2, -0.15) is 0 Å². The first-order chi connectivity index (χ1) is 5.72. The number of hydrogen-bond donors (Lipinski definition) is 0. The molecule has 0 bridgehead atoms. The number of carbonyl (C=O) groups excluding carboxylic acids is 1. The maximum absolute atomic E-state index is 10.2. The molecule has 0 fully saturated rings. The number of nitrogens with zero attached hydrogens (tertiary/aromatic N) is 1. The molecule has 0 aliphatic rings. The van der Waals surface area contributed by atoms with E-state index in [0.717, 1.165) is 6.29 Å². The SMILES string of the molecule is O=Cc1ccc(C=C(Cl)Cl)nc1. The Kier molecular flexibility index (Phi) is 3.26. The number of rotatable bonds is 2. The lowest BCUT2D eigenvalue weighted by molar-refractivity contribution is 0.112. The predicted molar refractivity (Wildman–Crippen MR) is 49.3 cm³/mol. The van der Waals surface area contributed by atoms with Gasteiger partial charge in [0.2, 0.25) is 0 Å². The van der Waals surface area contributed by atoms with Crippen molar-refractivity contribution in [3.05, 3.63) is 34.1 Å². The van der Waals surface area contributed by atoms with Crippen LogP contribution in [0.2, 0.25) is 0 Å². The van der Waals surface area contributed by atoms with Gasteiger partial charge in [0.15, 0.2) is 6.29 Å². The van der Waals surface area contributed by atoms with Crippen LogP contribution in [-0.4, -0.2) is 11.3 Å². The zero-order valence-corrected chi connectivity index (χ0v) is 7.51. The first-order valence-corrected chi connectivity index (χ1v) is 3.92. The van der Waals surface area contributed by atoms with Gasteiger partial charge < -0.3 is 0 Å². The van der Waals surface area contributed by atoms with Gasteiger partial charge in [0.05, 0.1) is 5.69 Å². The van der Waals surface area contributed by atoms with Crippen molar-refractivity contribution in [3.63, 3.8) is 0 Å². The number of aromatic nitrogens is 1. The molecule has 0 spiro atoms. The Hall–Kier alpha value is -0.860. The van der Waals surface area contributed by atoms with Gasteiger partial charge in [-0.3, -0.25) is 9.78 Å². The second-order valence-electron chi connectivity index (χ2n) is 2.07. The van der Waals surface area contributed by atoms with Gasteiger partial charge in [-0.05, 0) is 18.2 Å². The number of pyridine rings is 1. The highest BCUT2D eigenvalue weighted by molar-refractivity contribution is 6.57. The van der Waals surface area contributed by atoms with E-state index in [0.29, 0.717) is 11.3 Å². The van der Waals surface area contributed by atoms with Crippen molar-refractivity contribution in [1.29, 1.82) is 0 Å². The van der Waals surface area contributed by atoms with Crippen molar-refractivity contribution in [2.24, 2.45) is 0 Å². The van der Waals surface area contributed by atoms with Crippen LogP contribution < -0.4 is 0 Å². The van der Waals surface area contributed by atoms with E-state index >= 15 is 0 Å². The average Bonchev–Trinajstić information content (AvgIpc) is 2.05. The van der Waals surface area contributed by atoms with Gasteiger partial charge >= 0.3 is 0 Å². The molecule has 12 heavy (non-hydrogen) atoms. The molecule has 0 aromatic carbocycles. The molecule has 0 saturated carbocycles. The zero-order chi connectivity index (χ0) is 8.97. The molecule has 4 heteroatoms. The second-order valence-corrected chi connectivity index (χ2v) is 3.08. The maximum atomic E-state index is 10.2. The third kappa shape index (κ3) is 2.64. The van der Waals surface area contributed by atoms with Crippen LogP contribution in [0.5, 0.6) is 0 Å². The fraction of sp³-hybridized carbons (Fsp3) is 0. The van der Waals surface area contributed by atoms with E-state index in [2.05, 4.69) is 4.98 Å². The van der Waals surface area contributed by atoms with E-state index in [1.165, 1.54) is 12.3 Å². The van der Waals surface area contributed by atoms with Crippen molar-refractivity contribution < 1.29 is 4.79 Å². The van der Waals surface area contributed by atoms with E-state index in [1.807, 2.05) is 0 Å². The number of aldehydes is 1. The molecule has 1 heterocycles. The highest BCUT2D eigenvalue weighted by atomic mass is 35.5. The molecule has 0 atom stereocenters. The molecule has 1 aromatic heterocycles. The maximum Gasteiger partial charge on any atom is 0.151 e. The highest BCUT2D eigenvalue weighted by Crippen LogP contribution is 2.11. The largest absolute Gasteiger partial charge is 0.298 e. The minimum absolute atomic E-state index is 0.140. The van der Waals surface area contributed by atoms with E-state index < -0.39 is 0 Å². The van der Waals surface area contributed by atoms with Crippen LogP contribution in [-0.2, 0) is 0 Å². The van der Waals surface area contributed by atoms with Crippen molar-refractivity contribution in [3.8, 4) is 0 Å². The highest BCUT2D eigenvalue weighted by Gasteiger charge is 1.92. The van der Waals surface area contributed by atoms with Gasteiger partial charge in [-0.1, -0.05) is 23.2 Å². The Labute approximate surface area is 79.8 Å². The first kappa shape index (κ1) is 9.23. The van der Waals surface area contributed by atoms with Gasteiger partial charge in [-0.25, -0.2) is 0 Å². The summed E-state index contributed by atoms with van der Waals surface area (Å²) in [5.41, 5.74) is 1.15. The summed E-state index contributed by atoms with van der Waals surface area (Å²) < 4.78 is 0.140. The lowest BCUT2D eigenvalue weighted by Gasteiger charge is -1.92. The minimum atomic E-state index is 0.140. The molecule has 0 unspecified atom stereocenters. The molecular weight excluding hydrogens is 197 g/mol. The van der Waals surface area contributed by atoms with Crippen molar-refractivity contribution in [2.75, 3.05) is 0 Å². The summed E-state index contributed by atoms with van der Waals surface area (Å²) in [4.78, 5) is 14.1. The zero-order valence-electron chi connectivity index (χ0n) is 6.00. The number of carbonyl (C=O) groups is 1. The number of hydrogen-bond acceptors (Lipinski definition) is 2. The number of halogens is 2. The van der Waals surface area contributed by atoms with Crippen LogP contribution in [0.1, 0.15) is 16.1 Å². The molecule has 62 valence electrons. The molecule has 0 aliphatic heterocycles. The summed E-state index contributed by atoms with van der Waals surface area (Å²) in [6.07, 6.45) is 3.68. The Morgan fingerprint density at radius 2 is 2.17 bits per heavy atom. The van der Waals surface area contributed by atoms with Crippen LogP contribution in [0.15, 0.2) is 22.8 Å². The predicted octanol–water partition coefficient (Wildman–Crippen LogP) is 2.67. The van der Waals surface area contributed by atoms with Crippen LogP contribution in [0.3, 0.4) is 0 Å². The molecule has 1 rings (SSSR count). The normalized spacial score (nSPS) is 9.17. The van der Waals surface area contributed by atoms with Crippen LogP contribution >= 0.6 is 23.2 Å². The standard InChI is InChI=1S/C8H5Cl2NO/c9-8(10)3-7-2-1-6(5-12)4-11-7/h1-5H. The molecule has 0 saturated heterocycles. The molecule has 2 nitrogen and oxygen atoms in total. The molecule has 0 radical (unpaired) electrons. The monoisotopic (exact) mass is 201 g/mol. The Morgan fingerprint density at radius 3 is 2.58 bits per heavy atom. The summed E-state index contributed by atoms with van der Waals surface area (Å²) in [7, 11) is 0. The van der Waals surface area contributed by atoms with E-state index in [9.17, 15) is 4.79 Å². The van der Waals surface area contributed by atoms with Crippen LogP contribution in [0.25, 0.3) is 6.08 Å². The van der Waals surface area contributed by atoms with Gasteiger partial charge in [-0.15, -0.1) is 0 Å². The van der Waals surface area contributed by atoms with Gasteiger partial charge in [0.1, 0.15) is 4.49 Å². The first-order valence-electron chi connectivity index (χ1n) is 3.16. The van der Waals surface area contributed by atoms with Gasteiger partial charge in [0.25, 0.3) is 0 Å². The second kappa shape index (κ2) is 4.24. The van der Waals surface area contributed by atoms with Crippen molar-refractivity contribution >= 4 is 35.6 Å². The summed E-state index contributed by atoms with van der Waals surface area (Å²) in [6, 6.07) is 3.30. The van der Waals surface area contributed by atoms with Gasteiger partial charge in [0, 0.05) is 11.8 Å². The van der Waals surface area contributed by atoms with Crippen LogP contribution in [0, 0.1) is 0 Å². The summed E-state index contributed by atoms with van der Waals surface area (Å²) in [5.74, 6) is 0. The van der Waals surface area contributed by atoms with Crippen LogP contribution in [0.4, 0.5) is 0 Å². The lowest BCUT2D eigenvalue weighted by Crippen LogP contribution is -1.84. The molecule has 0 aliphatic carbocycles. The molecule has 1 aromatic rings. The molecule has 0 N–H and O–H groups in total. The Morgan fingerprint density at radius 1 is 1.42 bits per heavy atom.